The number of allylic oxidation sites excluding steroid dienone is 3. The number of nitrogens with one attached hydrogen (secondary N) is 1. The van der Waals surface area contributed by atoms with Crippen molar-refractivity contribution < 1.29 is 0 Å². The van der Waals surface area contributed by atoms with Gasteiger partial charge in [-0.05, 0) is 30.0 Å². The lowest BCUT2D eigenvalue weighted by Gasteiger charge is -2.08. The summed E-state index contributed by atoms with van der Waals surface area (Å²) in [5.41, 5.74) is 6.65. The molecule has 1 aliphatic rings. The van der Waals surface area contributed by atoms with E-state index in [1.807, 2.05) is 6.20 Å². The fraction of sp³-hybridized carbons (Fsp3) is 0.176. The van der Waals surface area contributed by atoms with Crippen LogP contribution >= 0.6 is 0 Å². The summed E-state index contributed by atoms with van der Waals surface area (Å²) in [4.78, 5) is 3.40. The van der Waals surface area contributed by atoms with Crippen LogP contribution in [-0.4, -0.2) is 4.98 Å². The van der Waals surface area contributed by atoms with Crippen LogP contribution in [0.3, 0.4) is 0 Å². The largest absolute Gasteiger partial charge is 0.361 e. The van der Waals surface area contributed by atoms with Crippen LogP contribution in [0, 0.1) is 0 Å². The molecule has 0 saturated heterocycles. The first kappa shape index (κ1) is 11.1. The molecule has 0 spiro atoms. The first-order valence-corrected chi connectivity index (χ1v) is 6.53. The van der Waals surface area contributed by atoms with Gasteiger partial charge in [0.05, 0.1) is 5.69 Å². The zero-order chi connectivity index (χ0) is 12.4. The van der Waals surface area contributed by atoms with Crippen molar-refractivity contribution in [2.24, 2.45) is 0 Å². The molecule has 1 nitrogen and oxygen atoms in total. The molecule has 0 atom stereocenters. The van der Waals surface area contributed by atoms with Gasteiger partial charge in [0.25, 0.3) is 0 Å². The predicted molar refractivity (Wildman–Crippen MR) is 77.2 cm³/mol. The summed E-state index contributed by atoms with van der Waals surface area (Å²) in [6.07, 6.45) is 8.78. The van der Waals surface area contributed by atoms with Crippen LogP contribution in [0.5, 0.6) is 0 Å². The summed E-state index contributed by atoms with van der Waals surface area (Å²) in [6.45, 7) is 2.22. The summed E-state index contributed by atoms with van der Waals surface area (Å²) >= 11 is 0. The van der Waals surface area contributed by atoms with E-state index in [0.717, 1.165) is 12.8 Å². The number of benzene rings is 1. The van der Waals surface area contributed by atoms with Gasteiger partial charge in [-0.2, -0.15) is 0 Å². The van der Waals surface area contributed by atoms with E-state index in [1.54, 1.807) is 0 Å². The molecule has 18 heavy (non-hydrogen) atoms. The standard InChI is InChI=1S/C17H17N/c1-2-13-9-6-10-15(14-7-4-3-5-8-14)17-16(13)11-12-18-17/h3-5,7-12,18H,2,6H2,1H3. The lowest BCUT2D eigenvalue weighted by Crippen LogP contribution is -1.91. The Morgan fingerprint density at radius 3 is 2.67 bits per heavy atom. The van der Waals surface area contributed by atoms with Crippen molar-refractivity contribution in [1.29, 1.82) is 0 Å². The number of aromatic amines is 1. The Hall–Kier alpha value is -2.02. The van der Waals surface area contributed by atoms with Gasteiger partial charge in [0.1, 0.15) is 0 Å². The monoisotopic (exact) mass is 235 g/mol. The van der Waals surface area contributed by atoms with Crippen molar-refractivity contribution >= 4 is 11.1 Å². The molecule has 0 bridgehead atoms. The first-order chi connectivity index (χ1) is 8.90. The smallest absolute Gasteiger partial charge is 0.0533 e. The number of aromatic nitrogens is 1. The van der Waals surface area contributed by atoms with Gasteiger partial charge in [0.15, 0.2) is 0 Å². The van der Waals surface area contributed by atoms with Crippen molar-refractivity contribution in [2.75, 3.05) is 0 Å². The average molecular weight is 235 g/mol. The van der Waals surface area contributed by atoms with Crippen LogP contribution in [0.4, 0.5) is 0 Å². The third-order valence-corrected chi connectivity index (χ3v) is 3.51. The van der Waals surface area contributed by atoms with Gasteiger partial charge < -0.3 is 4.98 Å². The predicted octanol–water partition coefficient (Wildman–Crippen LogP) is 4.64. The van der Waals surface area contributed by atoms with E-state index in [-0.39, 0.29) is 0 Å². The lowest BCUT2D eigenvalue weighted by atomic mass is 9.97. The number of H-pyrrole nitrogens is 1. The van der Waals surface area contributed by atoms with E-state index in [9.17, 15) is 0 Å². The summed E-state index contributed by atoms with van der Waals surface area (Å²) in [5.74, 6) is 0. The van der Waals surface area contributed by atoms with Crippen LogP contribution < -0.4 is 0 Å². The second-order valence-electron chi connectivity index (χ2n) is 4.57. The quantitative estimate of drug-likeness (QED) is 0.780. The van der Waals surface area contributed by atoms with Crippen LogP contribution in [0.1, 0.15) is 36.6 Å². The number of rotatable bonds is 2. The Morgan fingerprint density at radius 1 is 1.06 bits per heavy atom. The Balaban J connectivity index is 2.12. The van der Waals surface area contributed by atoms with Gasteiger partial charge in [0.2, 0.25) is 0 Å². The van der Waals surface area contributed by atoms with Crippen LogP contribution in [0.25, 0.3) is 11.1 Å². The molecule has 0 unspecified atom stereocenters. The Labute approximate surface area is 108 Å². The summed E-state index contributed by atoms with van der Waals surface area (Å²) in [7, 11) is 0. The minimum atomic E-state index is 1.01. The molecule has 1 aromatic heterocycles. The molecular formula is C17H17N. The summed E-state index contributed by atoms with van der Waals surface area (Å²) < 4.78 is 0. The third-order valence-electron chi connectivity index (χ3n) is 3.51. The first-order valence-electron chi connectivity index (χ1n) is 6.53. The van der Waals surface area contributed by atoms with Gasteiger partial charge >= 0.3 is 0 Å². The number of hydrogen-bond acceptors (Lipinski definition) is 0. The molecule has 0 amide bonds. The summed E-state index contributed by atoms with van der Waals surface area (Å²) in [6, 6.07) is 12.8. The second kappa shape index (κ2) is 4.69. The summed E-state index contributed by atoms with van der Waals surface area (Å²) in [5, 5.41) is 0. The lowest BCUT2D eigenvalue weighted by molar-refractivity contribution is 1.22. The van der Waals surface area contributed by atoms with E-state index in [1.165, 1.54) is 28.0 Å². The molecule has 3 rings (SSSR count). The van der Waals surface area contributed by atoms with E-state index >= 15 is 0 Å². The molecule has 0 radical (unpaired) electrons. The third kappa shape index (κ3) is 1.82. The molecule has 2 aromatic rings. The highest BCUT2D eigenvalue weighted by atomic mass is 14.7. The molecule has 1 N–H and O–H groups in total. The molecule has 1 aliphatic carbocycles. The average Bonchev–Trinajstić information content (AvgIpc) is 2.82. The molecule has 1 heterocycles. The van der Waals surface area contributed by atoms with E-state index in [2.05, 4.69) is 60.5 Å². The van der Waals surface area contributed by atoms with Gasteiger partial charge in [-0.1, -0.05) is 49.4 Å². The van der Waals surface area contributed by atoms with Crippen molar-refractivity contribution in [3.8, 4) is 0 Å². The molecule has 1 aromatic carbocycles. The van der Waals surface area contributed by atoms with Crippen molar-refractivity contribution in [3.05, 3.63) is 71.6 Å². The van der Waals surface area contributed by atoms with Crippen LogP contribution in [0.15, 0.2) is 54.7 Å². The molecular weight excluding hydrogens is 218 g/mol. The van der Waals surface area contributed by atoms with Gasteiger partial charge in [-0.15, -0.1) is 0 Å². The van der Waals surface area contributed by atoms with Crippen LogP contribution in [0.2, 0.25) is 0 Å². The molecule has 1 heteroatoms. The van der Waals surface area contributed by atoms with E-state index in [4.69, 9.17) is 0 Å². The van der Waals surface area contributed by atoms with Crippen molar-refractivity contribution in [3.63, 3.8) is 0 Å². The maximum Gasteiger partial charge on any atom is 0.0533 e. The van der Waals surface area contributed by atoms with E-state index in [0.29, 0.717) is 0 Å². The number of fused-ring (bicyclic) bond motifs is 1. The normalized spacial score (nSPS) is 14.5. The molecule has 90 valence electrons. The zero-order valence-corrected chi connectivity index (χ0v) is 10.6. The topological polar surface area (TPSA) is 15.8 Å². The van der Waals surface area contributed by atoms with Crippen molar-refractivity contribution in [1.82, 2.24) is 4.98 Å². The Kier molecular flexibility index (Phi) is 2.89. The van der Waals surface area contributed by atoms with Gasteiger partial charge in [-0.3, -0.25) is 0 Å². The minimum Gasteiger partial charge on any atom is -0.361 e. The fourth-order valence-corrected chi connectivity index (χ4v) is 2.61. The maximum absolute atomic E-state index is 3.40. The molecule has 0 saturated carbocycles. The van der Waals surface area contributed by atoms with Crippen molar-refractivity contribution in [2.45, 2.75) is 19.8 Å². The minimum absolute atomic E-state index is 1.01. The fourth-order valence-electron chi connectivity index (χ4n) is 2.61. The molecule has 0 fully saturated rings. The SMILES string of the molecule is CCC1=CCC=C(c2ccccc2)c2[nH]ccc21. The molecule has 0 aliphatic heterocycles. The highest BCUT2D eigenvalue weighted by molar-refractivity contribution is 5.87. The van der Waals surface area contributed by atoms with Gasteiger partial charge in [-0.25, -0.2) is 0 Å². The number of hydrogen-bond donors (Lipinski definition) is 1. The van der Waals surface area contributed by atoms with Gasteiger partial charge in [0, 0.05) is 17.3 Å². The Morgan fingerprint density at radius 2 is 1.89 bits per heavy atom. The zero-order valence-electron chi connectivity index (χ0n) is 10.6. The maximum atomic E-state index is 3.40. The Bertz CT molecular complexity index is 600. The highest BCUT2D eigenvalue weighted by Gasteiger charge is 2.15. The van der Waals surface area contributed by atoms with Crippen LogP contribution in [-0.2, 0) is 0 Å². The van der Waals surface area contributed by atoms with E-state index < -0.39 is 0 Å². The highest BCUT2D eigenvalue weighted by Crippen LogP contribution is 2.33. The second-order valence-corrected chi connectivity index (χ2v) is 4.57.